The molecular formula is C21H26ClN5O2. The van der Waals surface area contributed by atoms with Crippen molar-refractivity contribution in [1.82, 2.24) is 14.9 Å². The van der Waals surface area contributed by atoms with Gasteiger partial charge in [-0.15, -0.1) is 0 Å². The molecule has 2 fully saturated rings. The Hall–Kier alpha value is -2.38. The molecule has 2 N–H and O–H groups in total. The highest BCUT2D eigenvalue weighted by molar-refractivity contribution is 6.31. The molecule has 2 saturated heterocycles. The summed E-state index contributed by atoms with van der Waals surface area (Å²) in [6.45, 7) is 5.47. The molecule has 29 heavy (non-hydrogen) atoms. The third-order valence-electron chi connectivity index (χ3n) is 5.49. The summed E-state index contributed by atoms with van der Waals surface area (Å²) >= 11 is 6.67. The Labute approximate surface area is 175 Å². The summed E-state index contributed by atoms with van der Waals surface area (Å²) < 4.78 is 5.84. The number of carbonyl (C=O) groups excluding carboxylic acids is 1. The second-order valence-corrected chi connectivity index (χ2v) is 8.01. The molecule has 0 bridgehead atoms. The Morgan fingerprint density at radius 2 is 1.97 bits per heavy atom. The first-order valence-corrected chi connectivity index (χ1v) is 10.4. The predicted octanol–water partition coefficient (Wildman–Crippen LogP) is 3.22. The van der Waals surface area contributed by atoms with Gasteiger partial charge in [0, 0.05) is 48.6 Å². The molecule has 8 heteroatoms. The summed E-state index contributed by atoms with van der Waals surface area (Å²) in [5.74, 6) is 1.06. The lowest BCUT2D eigenvalue weighted by atomic mass is 10.0. The molecule has 7 nitrogen and oxygen atoms in total. The van der Waals surface area contributed by atoms with Crippen molar-refractivity contribution in [3.63, 3.8) is 0 Å². The topological polar surface area (TPSA) is 84.6 Å². The minimum atomic E-state index is -0.116. The van der Waals surface area contributed by atoms with Gasteiger partial charge in [0.1, 0.15) is 5.82 Å². The first-order chi connectivity index (χ1) is 14.0. The van der Waals surface area contributed by atoms with E-state index in [-0.39, 0.29) is 17.9 Å². The fourth-order valence-electron chi connectivity index (χ4n) is 4.06. The van der Waals surface area contributed by atoms with Crippen LogP contribution in [0.1, 0.15) is 46.9 Å². The summed E-state index contributed by atoms with van der Waals surface area (Å²) in [5.41, 5.74) is 8.24. The minimum Gasteiger partial charge on any atom is -0.379 e. The Balaban J connectivity index is 1.65. The highest BCUT2D eigenvalue weighted by atomic mass is 35.5. The molecule has 4 rings (SSSR count). The van der Waals surface area contributed by atoms with Crippen LogP contribution in [0.5, 0.6) is 0 Å². The van der Waals surface area contributed by atoms with Crippen LogP contribution in [0, 0.1) is 6.92 Å². The molecule has 1 amide bonds. The third kappa shape index (κ3) is 4.31. The maximum absolute atomic E-state index is 12.7. The van der Waals surface area contributed by atoms with Crippen LogP contribution < -0.4 is 10.6 Å². The van der Waals surface area contributed by atoms with Gasteiger partial charge >= 0.3 is 0 Å². The number of hydrogen-bond acceptors (Lipinski definition) is 6. The molecule has 0 radical (unpaired) electrons. The van der Waals surface area contributed by atoms with E-state index in [0.717, 1.165) is 56.0 Å². The number of rotatable bonds is 3. The fraction of sp³-hybridized carbons (Fsp3) is 0.476. The Morgan fingerprint density at radius 3 is 2.69 bits per heavy atom. The van der Waals surface area contributed by atoms with Gasteiger partial charge in [-0.05, 0) is 43.9 Å². The van der Waals surface area contributed by atoms with Crippen LogP contribution in [0.2, 0.25) is 5.02 Å². The van der Waals surface area contributed by atoms with Gasteiger partial charge in [0.15, 0.2) is 0 Å². The number of carbonyl (C=O) groups is 1. The molecule has 154 valence electrons. The lowest BCUT2D eigenvalue weighted by Crippen LogP contribution is -2.32. The number of ether oxygens (including phenoxy) is 1. The Morgan fingerprint density at radius 1 is 1.17 bits per heavy atom. The van der Waals surface area contributed by atoms with Gasteiger partial charge in [-0.2, -0.15) is 4.98 Å². The second-order valence-electron chi connectivity index (χ2n) is 7.60. The number of amides is 1. The van der Waals surface area contributed by atoms with E-state index in [1.54, 1.807) is 6.07 Å². The van der Waals surface area contributed by atoms with Gasteiger partial charge in [-0.3, -0.25) is 4.79 Å². The number of aryl methyl sites for hydroxylation is 1. The number of nitrogens with two attached hydrogens (primary N) is 1. The average Bonchev–Trinajstić information content (AvgIpc) is 3.11. The van der Waals surface area contributed by atoms with Crippen molar-refractivity contribution in [3.05, 3.63) is 46.1 Å². The zero-order chi connectivity index (χ0) is 20.4. The second kappa shape index (κ2) is 8.55. The number of benzene rings is 1. The van der Waals surface area contributed by atoms with E-state index < -0.39 is 0 Å². The van der Waals surface area contributed by atoms with E-state index in [2.05, 4.69) is 14.9 Å². The highest BCUT2D eigenvalue weighted by Crippen LogP contribution is 2.34. The number of aromatic nitrogens is 2. The summed E-state index contributed by atoms with van der Waals surface area (Å²) in [5, 5.41) is 0.564. The molecule has 2 aromatic rings. The standard InChI is InChI=1S/C21H26ClN5O2/c1-14-11-19(25-21(23)24-14)27-9-4-10-29-13-18(27)16-6-5-15(12-17(16)22)20(28)26-7-2-3-8-26/h5-6,11-12,18H,2-4,7-10,13H2,1H3,(H2,23,24,25)/t18-/m0/s1. The average molecular weight is 416 g/mol. The number of likely N-dealkylation sites (tertiary alicyclic amines) is 1. The SMILES string of the molecule is Cc1cc(N2CCCOC[C@H]2c2ccc(C(=O)N3CCCC3)cc2Cl)nc(N)n1. The van der Waals surface area contributed by atoms with E-state index in [9.17, 15) is 4.79 Å². The van der Waals surface area contributed by atoms with Crippen molar-refractivity contribution < 1.29 is 9.53 Å². The highest BCUT2D eigenvalue weighted by Gasteiger charge is 2.28. The van der Waals surface area contributed by atoms with E-state index in [1.807, 2.05) is 30.0 Å². The van der Waals surface area contributed by atoms with Gasteiger partial charge in [0.25, 0.3) is 5.91 Å². The molecular weight excluding hydrogens is 390 g/mol. The fourth-order valence-corrected chi connectivity index (χ4v) is 4.37. The smallest absolute Gasteiger partial charge is 0.253 e. The van der Waals surface area contributed by atoms with Gasteiger partial charge in [-0.25, -0.2) is 4.98 Å². The zero-order valence-corrected chi connectivity index (χ0v) is 17.4. The molecule has 0 spiro atoms. The third-order valence-corrected chi connectivity index (χ3v) is 5.82. The molecule has 2 aliphatic rings. The molecule has 1 aromatic heterocycles. The van der Waals surface area contributed by atoms with Crippen molar-refractivity contribution in [2.24, 2.45) is 0 Å². The molecule has 3 heterocycles. The van der Waals surface area contributed by atoms with Crippen molar-refractivity contribution in [2.45, 2.75) is 32.2 Å². The molecule has 1 atom stereocenters. The zero-order valence-electron chi connectivity index (χ0n) is 16.6. The van der Waals surface area contributed by atoms with Crippen molar-refractivity contribution in [3.8, 4) is 0 Å². The lowest BCUT2D eigenvalue weighted by Gasteiger charge is -2.31. The largest absolute Gasteiger partial charge is 0.379 e. The summed E-state index contributed by atoms with van der Waals surface area (Å²) in [4.78, 5) is 25.4. The molecule has 2 aliphatic heterocycles. The van der Waals surface area contributed by atoms with Crippen LogP contribution >= 0.6 is 11.6 Å². The van der Waals surface area contributed by atoms with E-state index in [4.69, 9.17) is 22.1 Å². The molecule has 0 aliphatic carbocycles. The number of hydrogen-bond donors (Lipinski definition) is 1. The van der Waals surface area contributed by atoms with Gasteiger partial charge in [0.05, 0.1) is 12.6 Å². The maximum atomic E-state index is 12.7. The molecule has 1 aromatic carbocycles. The first kappa shape index (κ1) is 19.9. The summed E-state index contributed by atoms with van der Waals surface area (Å²) in [6, 6.07) is 7.39. The number of nitrogens with zero attached hydrogens (tertiary/aromatic N) is 4. The Kier molecular flexibility index (Phi) is 5.87. The van der Waals surface area contributed by atoms with Crippen LogP contribution in [0.4, 0.5) is 11.8 Å². The summed E-state index contributed by atoms with van der Waals surface area (Å²) in [6.07, 6.45) is 3.00. The van der Waals surface area contributed by atoms with Crippen molar-refractivity contribution in [2.75, 3.05) is 43.5 Å². The number of halogens is 1. The number of nitrogen functional groups attached to an aromatic ring is 1. The normalized spacial score (nSPS) is 20.0. The van der Waals surface area contributed by atoms with Crippen LogP contribution in [0.25, 0.3) is 0 Å². The van der Waals surface area contributed by atoms with Crippen molar-refractivity contribution in [1.29, 1.82) is 0 Å². The van der Waals surface area contributed by atoms with Crippen LogP contribution in [0.3, 0.4) is 0 Å². The number of anilines is 2. The van der Waals surface area contributed by atoms with E-state index >= 15 is 0 Å². The van der Waals surface area contributed by atoms with Crippen molar-refractivity contribution >= 4 is 29.3 Å². The summed E-state index contributed by atoms with van der Waals surface area (Å²) in [7, 11) is 0. The van der Waals surface area contributed by atoms with Gasteiger partial charge in [0.2, 0.25) is 5.95 Å². The van der Waals surface area contributed by atoms with E-state index in [1.165, 1.54) is 0 Å². The van der Waals surface area contributed by atoms with Gasteiger partial charge < -0.3 is 20.3 Å². The quantitative estimate of drug-likeness (QED) is 0.828. The van der Waals surface area contributed by atoms with Crippen LogP contribution in [0.15, 0.2) is 24.3 Å². The van der Waals surface area contributed by atoms with Crippen LogP contribution in [-0.2, 0) is 4.74 Å². The molecule has 0 saturated carbocycles. The Bertz CT molecular complexity index is 880. The van der Waals surface area contributed by atoms with Crippen LogP contribution in [-0.4, -0.2) is 53.6 Å². The van der Waals surface area contributed by atoms with Gasteiger partial charge in [-0.1, -0.05) is 17.7 Å². The minimum absolute atomic E-state index is 0.0455. The maximum Gasteiger partial charge on any atom is 0.253 e. The van der Waals surface area contributed by atoms with E-state index in [0.29, 0.717) is 23.8 Å². The first-order valence-electron chi connectivity index (χ1n) is 10.1. The lowest BCUT2D eigenvalue weighted by molar-refractivity contribution is 0.0793. The molecule has 0 unspecified atom stereocenters. The monoisotopic (exact) mass is 415 g/mol. The predicted molar refractivity (Wildman–Crippen MR) is 113 cm³/mol.